The van der Waals surface area contributed by atoms with E-state index in [9.17, 15) is 8.60 Å². The number of nitrogen functional groups attached to an aromatic ring is 1. The molecule has 1 aromatic heterocycles. The summed E-state index contributed by atoms with van der Waals surface area (Å²) in [5.41, 5.74) is 7.14. The lowest BCUT2D eigenvalue weighted by atomic mass is 10.3. The number of aromatic nitrogens is 2. The Morgan fingerprint density at radius 3 is 3.00 bits per heavy atom. The van der Waals surface area contributed by atoms with Crippen LogP contribution in [0.15, 0.2) is 18.2 Å². The Kier molecular flexibility index (Phi) is 3.42. The van der Waals surface area contributed by atoms with Crippen LogP contribution >= 0.6 is 0 Å². The average molecular weight is 255 g/mol. The SMILES string of the molecule is CS(=O)CCCn1c(N)nc2cc(F)ccc21. The van der Waals surface area contributed by atoms with E-state index in [4.69, 9.17) is 5.73 Å². The summed E-state index contributed by atoms with van der Waals surface area (Å²) in [7, 11) is -0.806. The highest BCUT2D eigenvalue weighted by Gasteiger charge is 2.08. The Hall–Kier alpha value is -1.43. The minimum absolute atomic E-state index is 0.322. The predicted octanol–water partition coefficient (Wildman–Crippen LogP) is 1.53. The Morgan fingerprint density at radius 2 is 2.29 bits per heavy atom. The Balaban J connectivity index is 2.27. The molecule has 0 amide bonds. The van der Waals surface area contributed by atoms with Crippen LogP contribution in [0, 0.1) is 5.82 Å². The quantitative estimate of drug-likeness (QED) is 0.901. The highest BCUT2D eigenvalue weighted by atomic mass is 32.2. The van der Waals surface area contributed by atoms with E-state index < -0.39 is 10.8 Å². The van der Waals surface area contributed by atoms with Crippen molar-refractivity contribution in [1.82, 2.24) is 9.55 Å². The molecule has 17 heavy (non-hydrogen) atoms. The van der Waals surface area contributed by atoms with E-state index in [0.29, 0.717) is 23.8 Å². The maximum atomic E-state index is 13.0. The molecule has 0 radical (unpaired) electrons. The van der Waals surface area contributed by atoms with Crippen molar-refractivity contribution in [2.24, 2.45) is 0 Å². The zero-order valence-electron chi connectivity index (χ0n) is 9.52. The highest BCUT2D eigenvalue weighted by Crippen LogP contribution is 2.19. The average Bonchev–Trinajstić information content (AvgIpc) is 2.54. The van der Waals surface area contributed by atoms with Gasteiger partial charge in [0, 0.05) is 35.4 Å². The number of fused-ring (bicyclic) bond motifs is 1. The summed E-state index contributed by atoms with van der Waals surface area (Å²) in [6, 6.07) is 4.41. The molecular weight excluding hydrogens is 241 g/mol. The fraction of sp³-hybridized carbons (Fsp3) is 0.364. The molecule has 0 saturated heterocycles. The number of rotatable bonds is 4. The Labute approximate surface area is 101 Å². The smallest absolute Gasteiger partial charge is 0.201 e. The largest absolute Gasteiger partial charge is 0.369 e. The predicted molar refractivity (Wildman–Crippen MR) is 67.7 cm³/mol. The minimum atomic E-state index is -0.806. The van der Waals surface area contributed by atoms with Crippen LogP contribution < -0.4 is 5.73 Å². The molecule has 6 heteroatoms. The molecule has 2 aromatic rings. The van der Waals surface area contributed by atoms with Gasteiger partial charge >= 0.3 is 0 Å². The van der Waals surface area contributed by atoms with E-state index in [2.05, 4.69) is 4.98 Å². The molecule has 0 aliphatic heterocycles. The van der Waals surface area contributed by atoms with Crippen molar-refractivity contribution >= 4 is 27.8 Å². The molecule has 0 bridgehead atoms. The molecule has 0 aliphatic rings. The van der Waals surface area contributed by atoms with Gasteiger partial charge in [0.05, 0.1) is 11.0 Å². The molecule has 1 heterocycles. The van der Waals surface area contributed by atoms with Gasteiger partial charge in [-0.05, 0) is 18.6 Å². The molecule has 0 spiro atoms. The first-order valence-corrected chi connectivity index (χ1v) is 7.02. The van der Waals surface area contributed by atoms with Gasteiger partial charge in [-0.3, -0.25) is 4.21 Å². The number of aryl methyl sites for hydroxylation is 1. The molecule has 1 aromatic carbocycles. The van der Waals surface area contributed by atoms with Crippen LogP contribution in [0.2, 0.25) is 0 Å². The molecule has 1 unspecified atom stereocenters. The normalized spacial score (nSPS) is 13.1. The fourth-order valence-electron chi connectivity index (χ4n) is 1.78. The van der Waals surface area contributed by atoms with Gasteiger partial charge in [0.15, 0.2) is 0 Å². The molecule has 0 aliphatic carbocycles. The van der Waals surface area contributed by atoms with Crippen molar-refractivity contribution in [2.75, 3.05) is 17.7 Å². The fourth-order valence-corrected chi connectivity index (χ4v) is 2.32. The third kappa shape index (κ3) is 2.63. The first-order chi connectivity index (χ1) is 8.08. The highest BCUT2D eigenvalue weighted by molar-refractivity contribution is 7.84. The third-order valence-corrected chi connectivity index (χ3v) is 3.42. The van der Waals surface area contributed by atoms with Crippen LogP contribution in [0.4, 0.5) is 10.3 Å². The molecular formula is C11H14FN3OS. The molecule has 1 atom stereocenters. The van der Waals surface area contributed by atoms with Crippen LogP contribution in [-0.4, -0.2) is 25.8 Å². The van der Waals surface area contributed by atoms with Crippen molar-refractivity contribution in [3.8, 4) is 0 Å². The minimum Gasteiger partial charge on any atom is -0.369 e. The summed E-state index contributed by atoms with van der Waals surface area (Å²) in [6.45, 7) is 0.646. The molecule has 0 fully saturated rings. The van der Waals surface area contributed by atoms with E-state index in [1.54, 1.807) is 12.3 Å². The van der Waals surface area contributed by atoms with Gasteiger partial charge in [-0.1, -0.05) is 0 Å². The first-order valence-electron chi connectivity index (χ1n) is 5.29. The van der Waals surface area contributed by atoms with Crippen LogP contribution in [0.5, 0.6) is 0 Å². The monoisotopic (exact) mass is 255 g/mol. The topological polar surface area (TPSA) is 60.9 Å². The number of benzene rings is 1. The number of nitrogens with zero attached hydrogens (tertiary/aromatic N) is 2. The van der Waals surface area contributed by atoms with Crippen LogP contribution in [0.3, 0.4) is 0 Å². The second-order valence-electron chi connectivity index (χ2n) is 3.89. The molecule has 92 valence electrons. The second kappa shape index (κ2) is 4.83. The van der Waals surface area contributed by atoms with Crippen molar-refractivity contribution in [3.63, 3.8) is 0 Å². The third-order valence-electron chi connectivity index (χ3n) is 2.55. The lowest BCUT2D eigenvalue weighted by Crippen LogP contribution is -2.06. The van der Waals surface area contributed by atoms with Gasteiger partial charge in [-0.25, -0.2) is 9.37 Å². The van der Waals surface area contributed by atoms with Gasteiger partial charge < -0.3 is 10.3 Å². The zero-order chi connectivity index (χ0) is 12.4. The summed E-state index contributed by atoms with van der Waals surface area (Å²) in [5, 5.41) is 0. The zero-order valence-corrected chi connectivity index (χ0v) is 10.3. The van der Waals surface area contributed by atoms with Crippen molar-refractivity contribution < 1.29 is 8.60 Å². The van der Waals surface area contributed by atoms with Crippen LogP contribution in [-0.2, 0) is 17.3 Å². The maximum absolute atomic E-state index is 13.0. The first kappa shape index (κ1) is 12.0. The van der Waals surface area contributed by atoms with Gasteiger partial charge in [-0.15, -0.1) is 0 Å². The summed E-state index contributed by atoms with van der Waals surface area (Å²) < 4.78 is 25.8. The Bertz CT molecular complexity index is 567. The molecule has 4 nitrogen and oxygen atoms in total. The summed E-state index contributed by atoms with van der Waals surface area (Å²) in [5.74, 6) is 0.671. The molecule has 0 saturated carbocycles. The number of hydrogen-bond donors (Lipinski definition) is 1. The van der Waals surface area contributed by atoms with E-state index in [-0.39, 0.29) is 5.82 Å². The summed E-state index contributed by atoms with van der Waals surface area (Å²) in [6.07, 6.45) is 2.43. The molecule has 2 rings (SSSR count). The molecule has 2 N–H and O–H groups in total. The van der Waals surface area contributed by atoms with E-state index in [1.807, 2.05) is 4.57 Å². The van der Waals surface area contributed by atoms with Gasteiger partial charge in [0.2, 0.25) is 5.95 Å². The van der Waals surface area contributed by atoms with E-state index in [0.717, 1.165) is 11.9 Å². The van der Waals surface area contributed by atoms with Gasteiger partial charge in [0.1, 0.15) is 5.82 Å². The standard InChI is InChI=1S/C11H14FN3OS/c1-17(16)6-2-5-15-10-4-3-8(12)7-9(10)14-11(15)13/h3-4,7H,2,5-6H2,1H3,(H2,13,14). The Morgan fingerprint density at radius 1 is 1.53 bits per heavy atom. The summed E-state index contributed by atoms with van der Waals surface area (Å²) >= 11 is 0. The van der Waals surface area contributed by atoms with Gasteiger partial charge in [-0.2, -0.15) is 0 Å². The lowest BCUT2D eigenvalue weighted by Gasteiger charge is -2.05. The van der Waals surface area contributed by atoms with Crippen molar-refractivity contribution in [2.45, 2.75) is 13.0 Å². The number of imidazole rings is 1. The lowest BCUT2D eigenvalue weighted by molar-refractivity contribution is 0.629. The maximum Gasteiger partial charge on any atom is 0.201 e. The van der Waals surface area contributed by atoms with Crippen molar-refractivity contribution in [1.29, 1.82) is 0 Å². The van der Waals surface area contributed by atoms with E-state index >= 15 is 0 Å². The number of hydrogen-bond acceptors (Lipinski definition) is 3. The van der Waals surface area contributed by atoms with E-state index in [1.165, 1.54) is 12.1 Å². The number of anilines is 1. The summed E-state index contributed by atoms with van der Waals surface area (Å²) in [4.78, 5) is 4.10. The van der Waals surface area contributed by atoms with Gasteiger partial charge in [0.25, 0.3) is 0 Å². The van der Waals surface area contributed by atoms with Crippen LogP contribution in [0.25, 0.3) is 11.0 Å². The van der Waals surface area contributed by atoms with Crippen molar-refractivity contribution in [3.05, 3.63) is 24.0 Å². The number of nitrogens with two attached hydrogens (primary N) is 1. The second-order valence-corrected chi connectivity index (χ2v) is 5.44. The van der Waals surface area contributed by atoms with Crippen LogP contribution in [0.1, 0.15) is 6.42 Å². The number of halogens is 1.